The second kappa shape index (κ2) is 67.8. The first-order chi connectivity index (χ1) is 38.5. The van der Waals surface area contributed by atoms with Crippen molar-refractivity contribution in [1.29, 1.82) is 0 Å². The van der Waals surface area contributed by atoms with E-state index in [1.807, 2.05) is 0 Å². The van der Waals surface area contributed by atoms with E-state index in [2.05, 4.69) is 43.5 Å². The Balaban J connectivity index is 3.38. The number of carbonyl (C=O) groups excluding carboxylic acids is 2. The molecule has 0 aliphatic carbocycles. The van der Waals surface area contributed by atoms with Crippen LogP contribution < -0.4 is 5.32 Å². The molecule has 1 amide bonds. The average Bonchev–Trinajstić information content (AvgIpc) is 3.44. The summed E-state index contributed by atoms with van der Waals surface area (Å²) in [5.74, 6) is -0.0207. The van der Waals surface area contributed by atoms with Crippen molar-refractivity contribution in [1.82, 2.24) is 5.32 Å². The molecule has 0 fully saturated rings. The van der Waals surface area contributed by atoms with Crippen molar-refractivity contribution in [2.45, 2.75) is 411 Å². The van der Waals surface area contributed by atoms with Crippen LogP contribution in [0, 0.1) is 0 Å². The molecule has 2 unspecified atom stereocenters. The van der Waals surface area contributed by atoms with Crippen LogP contribution in [0.4, 0.5) is 0 Å². The summed E-state index contributed by atoms with van der Waals surface area (Å²) in [6.45, 7) is 4.98. The number of amides is 1. The first-order valence-corrected chi connectivity index (χ1v) is 35.6. The molecule has 0 heterocycles. The molecule has 0 radical (unpaired) electrons. The molecule has 6 nitrogen and oxygen atoms in total. The summed E-state index contributed by atoms with van der Waals surface area (Å²) in [6, 6.07) is -0.544. The van der Waals surface area contributed by atoms with Gasteiger partial charge in [-0.05, 0) is 77.0 Å². The fraction of sp³-hybridized carbons (Fsp3) is 0.917. The van der Waals surface area contributed by atoms with Crippen LogP contribution in [-0.4, -0.2) is 47.4 Å². The molecule has 78 heavy (non-hydrogen) atoms. The molecular formula is C72H139NO5. The largest absolute Gasteiger partial charge is 0.466 e. The maximum Gasteiger partial charge on any atom is 0.305 e. The highest BCUT2D eigenvalue weighted by Gasteiger charge is 2.20. The zero-order valence-corrected chi connectivity index (χ0v) is 52.9. The van der Waals surface area contributed by atoms with E-state index in [9.17, 15) is 19.8 Å². The molecule has 0 rings (SSSR count). The van der Waals surface area contributed by atoms with Crippen LogP contribution >= 0.6 is 0 Å². The van der Waals surface area contributed by atoms with Crippen LogP contribution in [0.1, 0.15) is 399 Å². The van der Waals surface area contributed by atoms with Crippen molar-refractivity contribution in [3.8, 4) is 0 Å². The van der Waals surface area contributed by atoms with Crippen molar-refractivity contribution in [2.75, 3.05) is 13.2 Å². The maximum atomic E-state index is 12.5. The lowest BCUT2D eigenvalue weighted by atomic mass is 10.0. The quantitative estimate of drug-likeness (QED) is 0.0320. The summed E-state index contributed by atoms with van der Waals surface area (Å²) in [7, 11) is 0. The van der Waals surface area contributed by atoms with E-state index in [-0.39, 0.29) is 18.5 Å². The van der Waals surface area contributed by atoms with Crippen molar-refractivity contribution in [3.63, 3.8) is 0 Å². The molecule has 0 aromatic heterocycles. The van der Waals surface area contributed by atoms with Gasteiger partial charge in [-0.1, -0.05) is 334 Å². The highest BCUT2D eigenvalue weighted by Crippen LogP contribution is 2.19. The second-order valence-corrected chi connectivity index (χ2v) is 24.6. The summed E-state index contributed by atoms with van der Waals surface area (Å²) < 4.78 is 5.51. The number of rotatable bonds is 67. The van der Waals surface area contributed by atoms with Crippen molar-refractivity contribution >= 4 is 11.9 Å². The van der Waals surface area contributed by atoms with Crippen molar-refractivity contribution in [3.05, 3.63) is 24.3 Å². The fourth-order valence-corrected chi connectivity index (χ4v) is 11.3. The van der Waals surface area contributed by atoms with Crippen LogP contribution in [0.5, 0.6) is 0 Å². The zero-order valence-electron chi connectivity index (χ0n) is 52.9. The summed E-state index contributed by atoms with van der Waals surface area (Å²) >= 11 is 0. The Bertz CT molecular complexity index is 1220. The number of nitrogens with one attached hydrogen (secondary N) is 1. The molecule has 0 aromatic carbocycles. The highest BCUT2D eigenvalue weighted by molar-refractivity contribution is 5.76. The number of ether oxygens (including phenoxy) is 1. The van der Waals surface area contributed by atoms with E-state index in [4.69, 9.17) is 4.74 Å². The molecule has 0 saturated carbocycles. The van der Waals surface area contributed by atoms with Crippen molar-refractivity contribution < 1.29 is 24.5 Å². The molecule has 6 heteroatoms. The van der Waals surface area contributed by atoms with E-state index >= 15 is 0 Å². The lowest BCUT2D eigenvalue weighted by molar-refractivity contribution is -0.143. The van der Waals surface area contributed by atoms with Crippen LogP contribution in [-0.2, 0) is 14.3 Å². The lowest BCUT2D eigenvalue weighted by Gasteiger charge is -2.22. The second-order valence-electron chi connectivity index (χ2n) is 24.6. The predicted octanol–water partition coefficient (Wildman–Crippen LogP) is 22.9. The smallest absolute Gasteiger partial charge is 0.305 e. The SMILES string of the molecule is CCCCCCCC/C=C\CCCCCCCCCCCC(=O)OCCCCCCCCCCCCCC/C=C\CCCCCCCCCCCC(=O)NC(CO)C(O)CCCCCCCCCCCCCCCCCCC. The third kappa shape index (κ3) is 63.5. The Kier molecular flexibility index (Phi) is 66.4. The minimum atomic E-state index is -0.666. The van der Waals surface area contributed by atoms with E-state index in [0.717, 1.165) is 44.9 Å². The Morgan fingerprint density at radius 3 is 0.910 bits per heavy atom. The molecule has 0 aliphatic heterocycles. The summed E-state index contributed by atoms with van der Waals surface area (Å²) in [4.78, 5) is 24.6. The Morgan fingerprint density at radius 2 is 0.603 bits per heavy atom. The number of aliphatic hydroxyl groups is 2. The molecule has 0 spiro atoms. The molecular weight excluding hydrogens is 959 g/mol. The number of carbonyl (C=O) groups is 2. The topological polar surface area (TPSA) is 95.9 Å². The van der Waals surface area contributed by atoms with Crippen molar-refractivity contribution in [2.24, 2.45) is 0 Å². The van der Waals surface area contributed by atoms with Gasteiger partial charge in [0.1, 0.15) is 0 Å². The minimum Gasteiger partial charge on any atom is -0.466 e. The van der Waals surface area contributed by atoms with Crippen LogP contribution in [0.15, 0.2) is 24.3 Å². The van der Waals surface area contributed by atoms with Crippen LogP contribution in [0.3, 0.4) is 0 Å². The standard InChI is InChI=1S/C72H139NO5/c1-3-5-7-9-11-13-15-17-19-21-29-34-38-42-46-50-54-58-62-66-72(77)78-67-63-59-55-51-47-43-39-35-31-28-26-24-22-23-25-27-30-33-37-41-45-49-53-57-61-65-71(76)73-69(68-74)70(75)64-60-56-52-48-44-40-36-32-20-18-16-14-12-10-8-6-4-2/h17,19,23,25,69-70,74-75H,3-16,18,20-22,24,26-68H2,1-2H3,(H,73,76)/b19-17-,25-23-. The van der Waals surface area contributed by atoms with Gasteiger partial charge in [-0.3, -0.25) is 9.59 Å². The van der Waals surface area contributed by atoms with E-state index < -0.39 is 12.1 Å². The van der Waals surface area contributed by atoms with Gasteiger partial charge in [-0.15, -0.1) is 0 Å². The molecule has 0 aliphatic rings. The molecule has 0 bridgehead atoms. The normalized spacial score (nSPS) is 12.6. The molecule has 2 atom stereocenters. The molecule has 0 saturated heterocycles. The van der Waals surface area contributed by atoms with Gasteiger partial charge in [0.25, 0.3) is 0 Å². The maximum absolute atomic E-state index is 12.5. The third-order valence-electron chi connectivity index (χ3n) is 16.7. The summed E-state index contributed by atoms with van der Waals surface area (Å²) in [5, 5.41) is 23.4. The summed E-state index contributed by atoms with van der Waals surface area (Å²) in [6.07, 6.45) is 85.1. The summed E-state index contributed by atoms with van der Waals surface area (Å²) in [5.41, 5.74) is 0. The molecule has 3 N–H and O–H groups in total. The van der Waals surface area contributed by atoms with E-state index in [1.165, 1.54) is 321 Å². The van der Waals surface area contributed by atoms with Crippen LogP contribution in [0.2, 0.25) is 0 Å². The highest BCUT2D eigenvalue weighted by atomic mass is 16.5. The number of unbranched alkanes of at least 4 members (excludes halogenated alkanes) is 52. The third-order valence-corrected chi connectivity index (χ3v) is 16.7. The van der Waals surface area contributed by atoms with E-state index in [1.54, 1.807) is 0 Å². The Labute approximate surface area is 488 Å². The van der Waals surface area contributed by atoms with E-state index in [0.29, 0.717) is 25.9 Å². The Hall–Kier alpha value is -1.66. The van der Waals surface area contributed by atoms with Gasteiger partial charge in [-0.2, -0.15) is 0 Å². The fourth-order valence-electron chi connectivity index (χ4n) is 11.3. The first-order valence-electron chi connectivity index (χ1n) is 35.6. The van der Waals surface area contributed by atoms with Gasteiger partial charge < -0.3 is 20.3 Å². The lowest BCUT2D eigenvalue weighted by Crippen LogP contribution is -2.45. The van der Waals surface area contributed by atoms with Gasteiger partial charge >= 0.3 is 5.97 Å². The molecule has 462 valence electrons. The van der Waals surface area contributed by atoms with Gasteiger partial charge in [0.05, 0.1) is 25.4 Å². The average molecular weight is 1100 g/mol. The monoisotopic (exact) mass is 1100 g/mol. The van der Waals surface area contributed by atoms with Gasteiger partial charge in [-0.25, -0.2) is 0 Å². The van der Waals surface area contributed by atoms with Crippen LogP contribution in [0.25, 0.3) is 0 Å². The minimum absolute atomic E-state index is 0.0139. The molecule has 0 aromatic rings. The number of esters is 1. The van der Waals surface area contributed by atoms with Gasteiger partial charge in [0.15, 0.2) is 0 Å². The van der Waals surface area contributed by atoms with Gasteiger partial charge in [0, 0.05) is 12.8 Å². The number of hydrogen-bond donors (Lipinski definition) is 3. The first kappa shape index (κ1) is 76.3. The number of hydrogen-bond acceptors (Lipinski definition) is 5. The predicted molar refractivity (Wildman–Crippen MR) is 343 cm³/mol. The number of allylic oxidation sites excluding steroid dienone is 4. The Morgan fingerprint density at radius 1 is 0.346 bits per heavy atom. The zero-order chi connectivity index (χ0) is 56.4. The number of aliphatic hydroxyl groups excluding tert-OH is 2. The van der Waals surface area contributed by atoms with Gasteiger partial charge in [0.2, 0.25) is 5.91 Å².